The Labute approximate surface area is 370 Å². The number of nitrogens with two attached hydrogens (primary N) is 4. The number of hydrogen-bond acceptors (Lipinski definition) is 12. The largest absolute Gasteiger partial charge is 0.466 e. The fraction of sp³-hybridized carbons (Fsp3) is 0.356. The molecule has 1 aromatic heterocycles. The van der Waals surface area contributed by atoms with Crippen molar-refractivity contribution in [2.75, 3.05) is 19.0 Å². The van der Waals surface area contributed by atoms with E-state index in [4.69, 9.17) is 4.99 Å². The molecule has 5 rings (SSSR count). The number of hydrazine groups is 2. The highest BCUT2D eigenvalue weighted by atomic mass is 32.2. The lowest BCUT2D eigenvalue weighted by molar-refractivity contribution is -0.143. The molecule has 0 bridgehead atoms. The van der Waals surface area contributed by atoms with E-state index in [1.54, 1.807) is 63.7 Å². The van der Waals surface area contributed by atoms with Crippen LogP contribution in [0.15, 0.2) is 89.9 Å². The van der Waals surface area contributed by atoms with Gasteiger partial charge in [0.05, 0.1) is 24.6 Å². The lowest BCUT2D eigenvalue weighted by Crippen LogP contribution is -2.06. The maximum atomic E-state index is 13.2. The van der Waals surface area contributed by atoms with Gasteiger partial charge in [0.2, 0.25) is 0 Å². The number of halogens is 2. The number of thioether (sulfide) groups is 1. The maximum absolute atomic E-state index is 13.2. The molecule has 62 heavy (non-hydrogen) atoms. The van der Waals surface area contributed by atoms with Crippen molar-refractivity contribution in [2.45, 2.75) is 88.5 Å². The lowest BCUT2D eigenvalue weighted by atomic mass is 10.1. The molecule has 17 heteroatoms. The van der Waals surface area contributed by atoms with Gasteiger partial charge >= 0.3 is 11.9 Å². The molecule has 0 amide bonds. The molecule has 12 N–H and O–H groups in total. The van der Waals surface area contributed by atoms with Crippen molar-refractivity contribution in [2.24, 2.45) is 28.4 Å². The summed E-state index contributed by atoms with van der Waals surface area (Å²) in [6.45, 7) is 20.6. The van der Waals surface area contributed by atoms with Gasteiger partial charge in [0.25, 0.3) is 0 Å². The number of hydrogen-bond donors (Lipinski definition) is 4. The summed E-state index contributed by atoms with van der Waals surface area (Å²) >= 11 is 1.68. The first-order valence-corrected chi connectivity index (χ1v) is 20.6. The molecule has 0 atom stereocenters. The van der Waals surface area contributed by atoms with Crippen molar-refractivity contribution >= 4 is 34.4 Å². The first-order valence-electron chi connectivity index (χ1n) is 19.6. The first kappa shape index (κ1) is 60.9. The maximum Gasteiger partial charge on any atom is 0.305 e. The average Bonchev–Trinajstić information content (AvgIpc) is 3.68. The SMILES string of the molecule is CCOC(=O)CC.CCOC(=O)CC.CCSC(=Nc1c(C)cccc1C)c1ccc(F)cc1.CCc1nnc(-c2ccc(F)cc2)n1-c1c(C)cccc1C.NN.NN.O.O. The van der Waals surface area contributed by atoms with Gasteiger partial charge in [0.1, 0.15) is 22.5 Å². The molecule has 0 fully saturated rings. The Morgan fingerprint density at radius 2 is 1.06 bits per heavy atom. The molecule has 1 heterocycles. The zero-order valence-electron chi connectivity index (χ0n) is 37.7. The molecule has 4 aromatic carbocycles. The van der Waals surface area contributed by atoms with Gasteiger partial charge in [-0.3, -0.25) is 37.5 Å². The van der Waals surface area contributed by atoms with Crippen molar-refractivity contribution in [3.8, 4) is 17.1 Å². The van der Waals surface area contributed by atoms with E-state index >= 15 is 0 Å². The van der Waals surface area contributed by atoms with Crippen molar-refractivity contribution in [1.82, 2.24) is 14.8 Å². The summed E-state index contributed by atoms with van der Waals surface area (Å²) in [6, 6.07) is 25.3. The third-order valence-electron chi connectivity index (χ3n) is 8.02. The van der Waals surface area contributed by atoms with Crippen LogP contribution < -0.4 is 23.4 Å². The highest BCUT2D eigenvalue weighted by molar-refractivity contribution is 8.14. The Balaban J connectivity index is -0.000000797. The molecule has 14 nitrogen and oxygen atoms in total. The van der Waals surface area contributed by atoms with Crippen LogP contribution >= 0.6 is 11.8 Å². The van der Waals surface area contributed by atoms with Crippen LogP contribution in [0.3, 0.4) is 0 Å². The predicted molar refractivity (Wildman–Crippen MR) is 250 cm³/mol. The first-order chi connectivity index (χ1) is 28.8. The normalized spacial score (nSPS) is 9.71. The Bertz CT molecular complexity index is 1960. The number of nitrogens with zero attached hydrogens (tertiary/aromatic N) is 4. The molecule has 344 valence electrons. The standard InChI is InChI=1S/C18H18FN3.C17H18FNS.2C5H10O2.2H4N2.2H2O/c1-4-16-20-21-18(14-8-10-15(19)11-9-14)22(16)17-12(2)6-5-7-13(17)3;1-4-20-17(14-8-10-15(18)11-9-14)19-16-12(2)6-5-7-13(16)3;2*1-3-5(6)7-4-2;2*1-2;;/h5-11H,4H2,1-3H3;5-11H,4H2,1-3H3;2*3-4H2,1-2H3;2*1-2H2;2*1H2. The summed E-state index contributed by atoms with van der Waals surface area (Å²) in [5.74, 6) is 17.9. The topological polar surface area (TPSA) is 263 Å². The number of aromatic nitrogens is 3. The zero-order chi connectivity index (χ0) is 45.6. The fourth-order valence-electron chi connectivity index (χ4n) is 5.24. The van der Waals surface area contributed by atoms with Gasteiger partial charge in [-0.25, -0.2) is 13.8 Å². The highest BCUT2D eigenvalue weighted by Gasteiger charge is 2.17. The molecular weight excluding hydrogens is 819 g/mol. The van der Waals surface area contributed by atoms with Gasteiger partial charge in [-0.2, -0.15) is 0 Å². The minimum absolute atomic E-state index is 0. The number of benzene rings is 4. The van der Waals surface area contributed by atoms with E-state index in [9.17, 15) is 18.4 Å². The second kappa shape index (κ2) is 35.2. The fourth-order valence-corrected chi connectivity index (χ4v) is 5.98. The van der Waals surface area contributed by atoms with Gasteiger partial charge in [0.15, 0.2) is 5.82 Å². The van der Waals surface area contributed by atoms with Crippen LogP contribution in [-0.4, -0.2) is 61.7 Å². The molecule has 0 unspecified atom stereocenters. The van der Waals surface area contributed by atoms with Crippen molar-refractivity contribution in [3.63, 3.8) is 0 Å². The number of esters is 2. The van der Waals surface area contributed by atoms with Gasteiger partial charge in [-0.15, -0.1) is 22.0 Å². The molecule has 0 spiro atoms. The van der Waals surface area contributed by atoms with Gasteiger partial charge in [-0.1, -0.05) is 64.1 Å². The lowest BCUT2D eigenvalue weighted by Gasteiger charge is -2.15. The quantitative estimate of drug-likeness (QED) is 0.0352. The number of ether oxygens (including phenoxy) is 2. The van der Waals surface area contributed by atoms with Crippen molar-refractivity contribution in [3.05, 3.63) is 130 Å². The minimum atomic E-state index is -0.252. The molecule has 0 aliphatic carbocycles. The molecule has 0 saturated heterocycles. The van der Waals surface area contributed by atoms with Crippen LogP contribution in [0.2, 0.25) is 0 Å². The number of aliphatic imine (C=N–C) groups is 1. The highest BCUT2D eigenvalue weighted by Crippen LogP contribution is 2.29. The minimum Gasteiger partial charge on any atom is -0.466 e. The molecular formula is C45H68F2N8O6S. The van der Waals surface area contributed by atoms with Crippen LogP contribution in [0.1, 0.15) is 88.0 Å². The number of aryl methyl sites for hydroxylation is 5. The monoisotopic (exact) mass is 886 g/mol. The second-order valence-corrected chi connectivity index (χ2v) is 13.5. The summed E-state index contributed by atoms with van der Waals surface area (Å²) in [5, 5.41) is 9.58. The summed E-state index contributed by atoms with van der Waals surface area (Å²) in [7, 11) is 0. The Morgan fingerprint density at radius 1 is 0.645 bits per heavy atom. The summed E-state index contributed by atoms with van der Waals surface area (Å²) < 4.78 is 37.4. The van der Waals surface area contributed by atoms with Crippen LogP contribution in [-0.2, 0) is 25.5 Å². The van der Waals surface area contributed by atoms with E-state index in [-0.39, 0.29) is 34.5 Å². The summed E-state index contributed by atoms with van der Waals surface area (Å²) in [4.78, 5) is 25.2. The third kappa shape index (κ3) is 20.9. The van der Waals surface area contributed by atoms with Crippen LogP contribution in [0, 0.1) is 39.3 Å². The van der Waals surface area contributed by atoms with Crippen LogP contribution in [0.4, 0.5) is 14.5 Å². The molecule has 0 radical (unpaired) electrons. The summed E-state index contributed by atoms with van der Waals surface area (Å²) in [5.41, 5.74) is 8.56. The van der Waals surface area contributed by atoms with E-state index in [1.807, 2.05) is 12.1 Å². The third-order valence-corrected chi connectivity index (χ3v) is 8.91. The van der Waals surface area contributed by atoms with E-state index in [1.165, 1.54) is 24.3 Å². The Hall–Kier alpha value is -5.40. The van der Waals surface area contributed by atoms with Gasteiger partial charge in [0, 0.05) is 30.4 Å². The molecule has 0 saturated carbocycles. The van der Waals surface area contributed by atoms with Crippen molar-refractivity contribution < 1.29 is 38.8 Å². The van der Waals surface area contributed by atoms with Crippen LogP contribution in [0.25, 0.3) is 17.1 Å². The van der Waals surface area contributed by atoms with E-state index < -0.39 is 0 Å². The van der Waals surface area contributed by atoms with E-state index in [0.29, 0.717) is 26.1 Å². The van der Waals surface area contributed by atoms with E-state index in [2.05, 4.69) is 113 Å². The number of carbonyl (C=O) groups is 2. The summed E-state index contributed by atoms with van der Waals surface area (Å²) in [6.07, 6.45) is 1.74. The zero-order valence-corrected chi connectivity index (χ0v) is 38.5. The van der Waals surface area contributed by atoms with Gasteiger partial charge < -0.3 is 20.4 Å². The predicted octanol–water partition coefficient (Wildman–Crippen LogP) is 7.43. The van der Waals surface area contributed by atoms with Crippen LogP contribution in [0.5, 0.6) is 0 Å². The Kier molecular flexibility index (Phi) is 34.6. The molecule has 5 aromatic rings. The van der Waals surface area contributed by atoms with Gasteiger partial charge in [-0.05, 0) is 118 Å². The number of carbonyl (C=O) groups excluding carboxylic acids is 2. The second-order valence-electron chi connectivity index (χ2n) is 12.3. The molecule has 0 aliphatic heterocycles. The smallest absolute Gasteiger partial charge is 0.305 e. The number of para-hydroxylation sites is 2. The average molecular weight is 887 g/mol. The van der Waals surface area contributed by atoms with Crippen molar-refractivity contribution in [1.29, 1.82) is 0 Å². The van der Waals surface area contributed by atoms with E-state index in [0.717, 1.165) is 73.6 Å². The number of rotatable bonds is 10. The molecule has 0 aliphatic rings. The Morgan fingerprint density at radius 3 is 1.44 bits per heavy atom.